The first kappa shape index (κ1) is 53.6. The number of benzene rings is 2. The number of aromatic nitrogens is 1. The van der Waals surface area contributed by atoms with Gasteiger partial charge in [-0.25, -0.2) is 4.98 Å². The minimum atomic E-state index is -0.832. The molecule has 3 fully saturated rings. The molecule has 1 saturated heterocycles. The summed E-state index contributed by atoms with van der Waals surface area (Å²) in [6.07, 6.45) is 10.9. The van der Waals surface area contributed by atoms with Crippen molar-refractivity contribution in [2.45, 2.75) is 123 Å². The monoisotopic (exact) mass is 1010 g/mol. The summed E-state index contributed by atoms with van der Waals surface area (Å²) in [5, 5.41) is 17.2. The SMILES string of the molecule is C=C1C=C2CCC3C(=C2CC1)C(c1ccc(N(C)CCOCCOCCOCCOCC(=O)NC(C(=O)N2CCCC2C(=O)NCc2ccc(-c4scnc4C)cc2)C(C)(C)C)cc1)CC1(C)C(O)CCC31. The van der Waals surface area contributed by atoms with Gasteiger partial charge in [-0.15, -0.1) is 11.3 Å². The number of aryl methyl sites for hydroxylation is 1. The molecule has 0 bridgehead atoms. The van der Waals surface area contributed by atoms with Crippen LogP contribution in [0.3, 0.4) is 0 Å². The Labute approximate surface area is 431 Å². The fourth-order valence-electron chi connectivity index (χ4n) is 12.1. The van der Waals surface area contributed by atoms with Crippen molar-refractivity contribution in [3.05, 3.63) is 106 Å². The van der Waals surface area contributed by atoms with Gasteiger partial charge in [0.05, 0.1) is 68.4 Å². The number of allylic oxidation sites excluding steroid dienone is 5. The maximum absolute atomic E-state index is 13.9. The lowest BCUT2D eigenvalue weighted by molar-refractivity contribution is -0.144. The summed E-state index contributed by atoms with van der Waals surface area (Å²) in [5.74, 6) is 0.584. The van der Waals surface area contributed by atoms with Crippen LogP contribution in [-0.2, 0) is 39.9 Å². The average molecular weight is 1010 g/mol. The molecule has 7 atom stereocenters. The van der Waals surface area contributed by atoms with Crippen LogP contribution in [0.1, 0.15) is 108 Å². The van der Waals surface area contributed by atoms with Gasteiger partial charge in [0.25, 0.3) is 0 Å². The van der Waals surface area contributed by atoms with E-state index in [-0.39, 0.29) is 36.5 Å². The van der Waals surface area contributed by atoms with E-state index in [2.05, 4.69) is 71.4 Å². The third-order valence-corrected chi connectivity index (χ3v) is 17.1. The van der Waals surface area contributed by atoms with E-state index in [1.165, 1.54) is 23.1 Å². The van der Waals surface area contributed by atoms with Gasteiger partial charge < -0.3 is 44.5 Å². The molecular formula is C58H79N5O8S. The number of anilines is 1. The van der Waals surface area contributed by atoms with Gasteiger partial charge in [-0.05, 0) is 127 Å². The van der Waals surface area contributed by atoms with Crippen molar-refractivity contribution in [3.63, 3.8) is 0 Å². The number of aliphatic hydroxyl groups is 1. The molecule has 8 rings (SSSR count). The van der Waals surface area contributed by atoms with Crippen LogP contribution in [0.15, 0.2) is 89.0 Å². The van der Waals surface area contributed by atoms with Crippen molar-refractivity contribution in [2.24, 2.45) is 22.7 Å². The smallest absolute Gasteiger partial charge is 0.246 e. The van der Waals surface area contributed by atoms with Gasteiger partial charge in [-0.3, -0.25) is 14.4 Å². The van der Waals surface area contributed by atoms with Crippen molar-refractivity contribution < 1.29 is 38.4 Å². The van der Waals surface area contributed by atoms with E-state index in [0.717, 1.165) is 72.5 Å². The van der Waals surface area contributed by atoms with E-state index >= 15 is 0 Å². The number of fused-ring (bicyclic) bond motifs is 4. The number of ether oxygens (including phenoxy) is 4. The first-order valence-electron chi connectivity index (χ1n) is 26.4. The quantitative estimate of drug-likeness (QED) is 0.0835. The Morgan fingerprint density at radius 1 is 0.917 bits per heavy atom. The molecule has 4 aliphatic carbocycles. The lowest BCUT2D eigenvalue weighted by Crippen LogP contribution is -2.58. The molecule has 3 amide bonds. The lowest BCUT2D eigenvalue weighted by atomic mass is 9.53. The maximum atomic E-state index is 13.9. The highest BCUT2D eigenvalue weighted by atomic mass is 32.1. The van der Waals surface area contributed by atoms with Crippen LogP contribution in [0.2, 0.25) is 0 Å². The van der Waals surface area contributed by atoms with Gasteiger partial charge in [0.1, 0.15) is 18.7 Å². The number of rotatable bonds is 22. The number of hydrogen-bond donors (Lipinski definition) is 3. The van der Waals surface area contributed by atoms with Crippen molar-refractivity contribution in [2.75, 3.05) is 77.9 Å². The first-order chi connectivity index (χ1) is 34.6. The summed E-state index contributed by atoms with van der Waals surface area (Å²) >= 11 is 1.60. The minimum absolute atomic E-state index is 0.0377. The predicted octanol–water partition coefficient (Wildman–Crippen LogP) is 8.71. The molecule has 0 radical (unpaired) electrons. The first-order valence-corrected chi connectivity index (χ1v) is 27.3. The summed E-state index contributed by atoms with van der Waals surface area (Å²) in [6.45, 7) is 18.5. The van der Waals surface area contributed by atoms with Crippen LogP contribution >= 0.6 is 11.3 Å². The van der Waals surface area contributed by atoms with E-state index in [9.17, 15) is 19.5 Å². The molecule has 0 spiro atoms. The minimum Gasteiger partial charge on any atom is -0.393 e. The normalized spacial score (nSPS) is 24.3. The Balaban J connectivity index is 0.681. The third-order valence-electron chi connectivity index (χ3n) is 16.1. The van der Waals surface area contributed by atoms with Gasteiger partial charge in [0.2, 0.25) is 17.7 Å². The molecule has 3 N–H and O–H groups in total. The molecule has 72 heavy (non-hydrogen) atoms. The zero-order valence-electron chi connectivity index (χ0n) is 43.6. The zero-order valence-corrected chi connectivity index (χ0v) is 44.5. The predicted molar refractivity (Wildman–Crippen MR) is 284 cm³/mol. The molecule has 13 nitrogen and oxygen atoms in total. The number of aliphatic hydroxyl groups excluding tert-OH is 1. The topological polar surface area (TPSA) is 152 Å². The van der Waals surface area contributed by atoms with Gasteiger partial charge in [0.15, 0.2) is 0 Å². The Kier molecular flexibility index (Phi) is 17.9. The van der Waals surface area contributed by atoms with Crippen LogP contribution in [0.25, 0.3) is 10.4 Å². The fraction of sp³-hybridized carbons (Fsp3) is 0.586. The molecule has 2 aromatic carbocycles. The highest BCUT2D eigenvalue weighted by Crippen LogP contribution is 2.64. The summed E-state index contributed by atoms with van der Waals surface area (Å²) in [5.41, 5.74) is 12.8. The fourth-order valence-corrected chi connectivity index (χ4v) is 12.9. The van der Waals surface area contributed by atoms with Crippen LogP contribution in [-0.4, -0.2) is 124 Å². The van der Waals surface area contributed by atoms with Crippen molar-refractivity contribution in [1.29, 1.82) is 0 Å². The van der Waals surface area contributed by atoms with E-state index < -0.39 is 23.4 Å². The molecule has 2 heterocycles. The summed E-state index contributed by atoms with van der Waals surface area (Å²) in [6, 6.07) is 15.8. The van der Waals surface area contributed by atoms with E-state index in [1.807, 2.05) is 57.5 Å². The molecule has 390 valence electrons. The van der Waals surface area contributed by atoms with Crippen LogP contribution < -0.4 is 15.5 Å². The zero-order chi connectivity index (χ0) is 51.0. The largest absolute Gasteiger partial charge is 0.393 e. The van der Waals surface area contributed by atoms with E-state index in [4.69, 9.17) is 18.9 Å². The molecule has 7 unspecified atom stereocenters. The molecule has 3 aromatic rings. The Bertz CT molecular complexity index is 2430. The van der Waals surface area contributed by atoms with E-state index in [1.54, 1.807) is 27.4 Å². The van der Waals surface area contributed by atoms with Gasteiger partial charge >= 0.3 is 0 Å². The second kappa shape index (κ2) is 24.1. The highest BCUT2D eigenvalue weighted by Gasteiger charge is 2.56. The maximum Gasteiger partial charge on any atom is 0.246 e. The second-order valence-electron chi connectivity index (χ2n) is 22.0. The number of thiazole rings is 1. The third kappa shape index (κ3) is 12.6. The number of likely N-dealkylation sites (tertiary alicyclic amines) is 1. The van der Waals surface area contributed by atoms with Crippen LogP contribution in [0, 0.1) is 29.6 Å². The summed E-state index contributed by atoms with van der Waals surface area (Å²) in [7, 11) is 2.10. The Morgan fingerprint density at radius 3 is 2.29 bits per heavy atom. The van der Waals surface area contributed by atoms with Crippen molar-refractivity contribution in [3.8, 4) is 10.4 Å². The average Bonchev–Trinajstić information content (AvgIpc) is 4.11. The molecule has 1 aliphatic heterocycles. The number of likely N-dealkylation sites (N-methyl/N-ethyl adjacent to an activating group) is 1. The Morgan fingerprint density at radius 2 is 1.61 bits per heavy atom. The van der Waals surface area contributed by atoms with E-state index in [0.29, 0.717) is 83.3 Å². The molecule has 5 aliphatic rings. The number of carbonyl (C=O) groups excluding carboxylic acids is 3. The number of nitrogens with zero attached hydrogens (tertiary/aromatic N) is 3. The number of amides is 3. The van der Waals surface area contributed by atoms with Crippen molar-refractivity contribution in [1.82, 2.24) is 20.5 Å². The number of carbonyl (C=O) groups is 3. The van der Waals surface area contributed by atoms with Crippen LogP contribution in [0.5, 0.6) is 0 Å². The molecule has 14 heteroatoms. The number of nitrogens with one attached hydrogen (secondary N) is 2. The molecule has 2 saturated carbocycles. The molecular weight excluding hydrogens is 927 g/mol. The second-order valence-corrected chi connectivity index (χ2v) is 22.9. The standard InChI is InChI=1S/C58H79N5O8S/c1-38-10-20-45-43(33-38)17-21-46-48-22-23-50(64)58(48,6)34-47(52(45)46)41-15-18-44(19-16-41)62(7)25-26-68-27-28-69-29-30-70-31-32-71-36-51(65)61-54(57(3,4)5)56(67)63-24-8-9-49(63)55(66)59-35-40-11-13-42(14-12-40)53-39(2)60-37-72-53/h11-16,18-19,33,37,46-50,54,64H,1,8-10,17,20-32,34-36H2,2-7H3,(H,59,66)(H,61,65). The highest BCUT2D eigenvalue weighted by molar-refractivity contribution is 7.13. The molecule has 1 aromatic heterocycles. The summed E-state index contributed by atoms with van der Waals surface area (Å²) < 4.78 is 22.9. The van der Waals surface area contributed by atoms with Gasteiger partial charge in [0, 0.05) is 38.3 Å². The Hall–Kier alpha value is -4.70. The number of hydrogen-bond acceptors (Lipinski definition) is 11. The summed E-state index contributed by atoms with van der Waals surface area (Å²) in [4.78, 5) is 49.7. The van der Waals surface area contributed by atoms with Gasteiger partial charge in [-0.1, -0.05) is 87.9 Å². The lowest BCUT2D eigenvalue weighted by Gasteiger charge is -2.52. The van der Waals surface area contributed by atoms with Gasteiger partial charge in [-0.2, -0.15) is 0 Å². The van der Waals surface area contributed by atoms with Crippen LogP contribution in [0.4, 0.5) is 5.69 Å². The van der Waals surface area contributed by atoms with Crippen molar-refractivity contribution >= 4 is 34.7 Å².